The number of aryl methyl sites for hydroxylation is 1. The number of hydrogen-bond acceptors (Lipinski definition) is 6. The summed E-state index contributed by atoms with van der Waals surface area (Å²) < 4.78 is 4.95. The van der Waals surface area contributed by atoms with E-state index >= 15 is 0 Å². The third-order valence-corrected chi connectivity index (χ3v) is 4.62. The minimum Gasteiger partial charge on any atom is -0.468 e. The number of fused-ring (bicyclic) bond motifs is 1. The molecule has 3 aromatic rings. The van der Waals surface area contributed by atoms with Crippen molar-refractivity contribution in [3.05, 3.63) is 48.0 Å². The molecule has 23 heavy (non-hydrogen) atoms. The third kappa shape index (κ3) is 3.50. The van der Waals surface area contributed by atoms with E-state index in [4.69, 9.17) is 4.74 Å². The SMILES string of the molecule is COC(=O)C(Cc1ccc(C)cc1)Sc1ncnc2nc[nH]c12. The first-order valence-corrected chi connectivity index (χ1v) is 7.99. The van der Waals surface area contributed by atoms with Crippen molar-refractivity contribution in [3.8, 4) is 0 Å². The first-order chi connectivity index (χ1) is 11.2. The highest BCUT2D eigenvalue weighted by atomic mass is 32.2. The summed E-state index contributed by atoms with van der Waals surface area (Å²) in [7, 11) is 1.40. The fourth-order valence-electron chi connectivity index (χ4n) is 2.21. The van der Waals surface area contributed by atoms with Gasteiger partial charge in [-0.25, -0.2) is 15.0 Å². The van der Waals surface area contributed by atoms with Crippen molar-refractivity contribution in [1.29, 1.82) is 0 Å². The van der Waals surface area contributed by atoms with E-state index in [1.807, 2.05) is 31.2 Å². The van der Waals surface area contributed by atoms with Gasteiger partial charge in [-0.05, 0) is 18.9 Å². The van der Waals surface area contributed by atoms with Crippen molar-refractivity contribution in [2.24, 2.45) is 0 Å². The fourth-order valence-corrected chi connectivity index (χ4v) is 3.32. The summed E-state index contributed by atoms with van der Waals surface area (Å²) in [6, 6.07) is 8.12. The van der Waals surface area contributed by atoms with Gasteiger partial charge in [0.2, 0.25) is 0 Å². The maximum Gasteiger partial charge on any atom is 0.319 e. The Morgan fingerprint density at radius 2 is 2.04 bits per heavy atom. The van der Waals surface area contributed by atoms with Gasteiger partial charge in [0.1, 0.15) is 22.1 Å². The molecule has 0 aliphatic carbocycles. The molecule has 0 spiro atoms. The van der Waals surface area contributed by atoms with Gasteiger partial charge < -0.3 is 9.72 Å². The van der Waals surface area contributed by atoms with Crippen LogP contribution in [0.3, 0.4) is 0 Å². The van der Waals surface area contributed by atoms with E-state index in [1.54, 1.807) is 6.33 Å². The van der Waals surface area contributed by atoms with Crippen molar-refractivity contribution in [1.82, 2.24) is 19.9 Å². The van der Waals surface area contributed by atoms with E-state index in [0.29, 0.717) is 17.1 Å². The number of thioether (sulfide) groups is 1. The van der Waals surface area contributed by atoms with Gasteiger partial charge in [-0.1, -0.05) is 41.6 Å². The van der Waals surface area contributed by atoms with Gasteiger partial charge in [0.05, 0.1) is 13.4 Å². The average Bonchev–Trinajstić information content (AvgIpc) is 3.05. The van der Waals surface area contributed by atoms with Gasteiger partial charge >= 0.3 is 5.97 Å². The fraction of sp³-hybridized carbons (Fsp3) is 0.250. The van der Waals surface area contributed by atoms with E-state index in [0.717, 1.165) is 11.1 Å². The molecule has 0 saturated carbocycles. The van der Waals surface area contributed by atoms with E-state index in [1.165, 1.54) is 30.8 Å². The summed E-state index contributed by atoms with van der Waals surface area (Å²) in [5, 5.41) is 0.305. The van der Waals surface area contributed by atoms with Gasteiger partial charge in [-0.2, -0.15) is 0 Å². The zero-order valence-corrected chi connectivity index (χ0v) is 13.6. The molecule has 1 atom stereocenters. The monoisotopic (exact) mass is 328 g/mol. The Morgan fingerprint density at radius 1 is 1.26 bits per heavy atom. The number of aromatic amines is 1. The van der Waals surface area contributed by atoms with E-state index in [2.05, 4.69) is 19.9 Å². The largest absolute Gasteiger partial charge is 0.468 e. The van der Waals surface area contributed by atoms with Crippen molar-refractivity contribution < 1.29 is 9.53 Å². The summed E-state index contributed by atoms with van der Waals surface area (Å²) in [6.07, 6.45) is 3.58. The van der Waals surface area contributed by atoms with Crippen molar-refractivity contribution >= 4 is 28.9 Å². The number of ether oxygens (including phenoxy) is 1. The van der Waals surface area contributed by atoms with Gasteiger partial charge in [-0.15, -0.1) is 0 Å². The Hall–Kier alpha value is -2.41. The Morgan fingerprint density at radius 3 is 2.78 bits per heavy atom. The Labute approximate surface area is 137 Å². The molecule has 0 saturated heterocycles. The maximum absolute atomic E-state index is 12.1. The number of benzene rings is 1. The van der Waals surface area contributed by atoms with Crippen LogP contribution in [0.1, 0.15) is 11.1 Å². The van der Waals surface area contributed by atoms with Crippen molar-refractivity contribution in [3.63, 3.8) is 0 Å². The van der Waals surface area contributed by atoms with Crippen LogP contribution < -0.4 is 0 Å². The number of H-pyrrole nitrogens is 1. The van der Waals surface area contributed by atoms with Gasteiger partial charge in [0.25, 0.3) is 0 Å². The first-order valence-electron chi connectivity index (χ1n) is 7.11. The molecule has 2 heterocycles. The zero-order valence-electron chi connectivity index (χ0n) is 12.8. The molecule has 6 nitrogen and oxygen atoms in total. The third-order valence-electron chi connectivity index (χ3n) is 3.45. The summed E-state index contributed by atoms with van der Waals surface area (Å²) in [6.45, 7) is 2.03. The van der Waals surface area contributed by atoms with Crippen molar-refractivity contribution in [2.45, 2.75) is 23.6 Å². The summed E-state index contributed by atoms with van der Waals surface area (Å²) in [5.41, 5.74) is 3.58. The smallest absolute Gasteiger partial charge is 0.319 e. The standard InChI is InChI=1S/C16H16N4O2S/c1-10-3-5-11(6-4-10)7-12(16(21)22-2)23-15-13-14(18-8-17-13)19-9-20-15/h3-6,8-9,12H,7H2,1-2H3,(H,17,18,19,20). The van der Waals surface area contributed by atoms with Crippen LogP contribution in [-0.4, -0.2) is 38.3 Å². The molecule has 1 unspecified atom stereocenters. The lowest BCUT2D eigenvalue weighted by atomic mass is 10.1. The predicted octanol–water partition coefficient (Wildman–Crippen LogP) is 2.54. The highest BCUT2D eigenvalue weighted by molar-refractivity contribution is 8.00. The Balaban J connectivity index is 1.86. The van der Waals surface area contributed by atoms with E-state index < -0.39 is 0 Å². The molecule has 7 heteroatoms. The van der Waals surface area contributed by atoms with Crippen LogP contribution in [0.25, 0.3) is 11.2 Å². The number of methoxy groups -OCH3 is 1. The number of nitrogens with one attached hydrogen (secondary N) is 1. The number of carbonyl (C=O) groups is 1. The van der Waals surface area contributed by atoms with Crippen LogP contribution in [0.4, 0.5) is 0 Å². The van der Waals surface area contributed by atoms with Crippen LogP contribution in [0, 0.1) is 6.92 Å². The van der Waals surface area contributed by atoms with Crippen LogP contribution in [-0.2, 0) is 16.0 Å². The second-order valence-corrected chi connectivity index (χ2v) is 6.29. The molecule has 2 aromatic heterocycles. The second kappa shape index (κ2) is 6.78. The number of nitrogens with zero attached hydrogens (tertiary/aromatic N) is 3. The average molecular weight is 328 g/mol. The second-order valence-electron chi connectivity index (χ2n) is 5.10. The number of aromatic nitrogens is 4. The molecule has 0 aliphatic heterocycles. The molecule has 1 N–H and O–H groups in total. The van der Waals surface area contributed by atoms with Crippen LogP contribution in [0.5, 0.6) is 0 Å². The molecular formula is C16H16N4O2S. The summed E-state index contributed by atoms with van der Waals surface area (Å²) in [4.78, 5) is 27.6. The van der Waals surface area contributed by atoms with E-state index in [9.17, 15) is 4.79 Å². The quantitative estimate of drug-likeness (QED) is 0.440. The first kappa shape index (κ1) is 15.5. The van der Waals surface area contributed by atoms with Crippen LogP contribution in [0.15, 0.2) is 41.9 Å². The molecule has 0 amide bonds. The molecule has 0 radical (unpaired) electrons. The molecule has 1 aromatic carbocycles. The minimum absolute atomic E-state index is 0.276. The summed E-state index contributed by atoms with van der Waals surface area (Å²) >= 11 is 1.36. The normalized spacial score (nSPS) is 12.3. The topological polar surface area (TPSA) is 80.8 Å². The number of rotatable bonds is 5. The number of imidazole rings is 1. The summed E-state index contributed by atoms with van der Waals surface area (Å²) in [5.74, 6) is -0.276. The highest BCUT2D eigenvalue weighted by Gasteiger charge is 2.23. The lowest BCUT2D eigenvalue weighted by Gasteiger charge is -2.14. The molecular weight excluding hydrogens is 312 g/mol. The number of esters is 1. The van der Waals surface area contributed by atoms with E-state index in [-0.39, 0.29) is 11.2 Å². The highest BCUT2D eigenvalue weighted by Crippen LogP contribution is 2.29. The molecule has 118 valence electrons. The van der Waals surface area contributed by atoms with Gasteiger partial charge in [0, 0.05) is 0 Å². The molecule has 0 fully saturated rings. The maximum atomic E-state index is 12.1. The zero-order chi connectivity index (χ0) is 16.2. The van der Waals surface area contributed by atoms with Crippen LogP contribution >= 0.6 is 11.8 Å². The number of hydrogen-bond donors (Lipinski definition) is 1. The number of carbonyl (C=O) groups excluding carboxylic acids is 1. The van der Waals surface area contributed by atoms with Crippen LogP contribution in [0.2, 0.25) is 0 Å². The van der Waals surface area contributed by atoms with Crippen molar-refractivity contribution in [2.75, 3.05) is 7.11 Å². The predicted molar refractivity (Wildman–Crippen MR) is 88.2 cm³/mol. The molecule has 0 aliphatic rings. The minimum atomic E-state index is -0.385. The molecule has 0 bridgehead atoms. The van der Waals surface area contributed by atoms with Gasteiger partial charge in [0.15, 0.2) is 5.65 Å². The Bertz CT molecular complexity index is 816. The lowest BCUT2D eigenvalue weighted by Crippen LogP contribution is -2.21. The van der Waals surface area contributed by atoms with Gasteiger partial charge in [-0.3, -0.25) is 4.79 Å². The molecule has 3 rings (SSSR count). The Kier molecular flexibility index (Phi) is 4.57. The lowest BCUT2D eigenvalue weighted by molar-refractivity contribution is -0.139.